The Morgan fingerprint density at radius 1 is 1.15 bits per heavy atom. The van der Waals surface area contributed by atoms with Crippen LogP contribution in [-0.4, -0.2) is 8.42 Å². The maximum Gasteiger partial charge on any atom is 0.183 e. The summed E-state index contributed by atoms with van der Waals surface area (Å²) in [7, 11) is -3.58. The van der Waals surface area contributed by atoms with Gasteiger partial charge >= 0.3 is 0 Å². The summed E-state index contributed by atoms with van der Waals surface area (Å²) < 4.78 is 37.9. The summed E-state index contributed by atoms with van der Waals surface area (Å²) in [5.41, 5.74) is 6.18. The number of hydrogen-bond donors (Lipinski definition) is 1. The van der Waals surface area contributed by atoms with E-state index in [1.165, 1.54) is 30.3 Å². The molecule has 2 aromatic rings. The summed E-state index contributed by atoms with van der Waals surface area (Å²) in [6.07, 6.45) is 0. The highest BCUT2D eigenvalue weighted by molar-refractivity contribution is 7.90. The molecule has 2 aromatic carbocycles. The Morgan fingerprint density at radius 3 is 2.50 bits per heavy atom. The Morgan fingerprint density at radius 2 is 1.85 bits per heavy atom. The lowest BCUT2D eigenvalue weighted by Gasteiger charge is -2.08. The molecule has 0 spiro atoms. The number of rotatable bonds is 4. The second-order valence-electron chi connectivity index (χ2n) is 4.32. The number of nitrogens with two attached hydrogens (primary N) is 1. The molecule has 0 heterocycles. The van der Waals surface area contributed by atoms with Crippen LogP contribution in [0.2, 0.25) is 5.02 Å². The molecule has 0 radical (unpaired) electrons. The monoisotopic (exact) mass is 313 g/mol. The van der Waals surface area contributed by atoms with Crippen LogP contribution in [0.15, 0.2) is 47.4 Å². The average molecular weight is 314 g/mol. The Kier molecular flexibility index (Phi) is 4.42. The van der Waals surface area contributed by atoms with E-state index < -0.39 is 15.7 Å². The number of halogens is 2. The van der Waals surface area contributed by atoms with Crippen LogP contribution in [0.1, 0.15) is 11.1 Å². The maximum atomic E-state index is 13.3. The molecule has 3 nitrogen and oxygen atoms in total. The van der Waals surface area contributed by atoms with Gasteiger partial charge in [-0.25, -0.2) is 12.8 Å². The molecule has 0 aliphatic carbocycles. The zero-order chi connectivity index (χ0) is 14.8. The summed E-state index contributed by atoms with van der Waals surface area (Å²) in [4.78, 5) is 0.0697. The van der Waals surface area contributed by atoms with Crippen molar-refractivity contribution >= 4 is 21.4 Å². The van der Waals surface area contributed by atoms with E-state index >= 15 is 0 Å². The Balaban J connectivity index is 2.36. The van der Waals surface area contributed by atoms with Gasteiger partial charge in [0, 0.05) is 12.1 Å². The van der Waals surface area contributed by atoms with Crippen molar-refractivity contribution in [3.63, 3.8) is 0 Å². The molecular weight excluding hydrogens is 301 g/mol. The highest BCUT2D eigenvalue weighted by atomic mass is 35.5. The second kappa shape index (κ2) is 5.91. The fourth-order valence-corrected chi connectivity index (χ4v) is 3.78. The number of hydrogen-bond acceptors (Lipinski definition) is 3. The molecule has 0 aromatic heterocycles. The first-order valence-electron chi connectivity index (χ1n) is 5.88. The van der Waals surface area contributed by atoms with Gasteiger partial charge in [-0.05, 0) is 23.8 Å². The smallest absolute Gasteiger partial charge is 0.183 e. The van der Waals surface area contributed by atoms with Crippen LogP contribution in [0.4, 0.5) is 4.39 Å². The predicted octanol–water partition coefficient (Wildman–Crippen LogP) is 2.91. The van der Waals surface area contributed by atoms with Crippen molar-refractivity contribution in [2.24, 2.45) is 5.73 Å². The zero-order valence-electron chi connectivity index (χ0n) is 10.5. The zero-order valence-corrected chi connectivity index (χ0v) is 12.1. The molecule has 0 saturated heterocycles. The summed E-state index contributed by atoms with van der Waals surface area (Å²) >= 11 is 5.90. The second-order valence-corrected chi connectivity index (χ2v) is 6.68. The summed E-state index contributed by atoms with van der Waals surface area (Å²) in [6.45, 7) is 0.0197. The largest absolute Gasteiger partial charge is 0.326 e. The normalized spacial score (nSPS) is 11.6. The molecule has 6 heteroatoms. The molecule has 0 bridgehead atoms. The van der Waals surface area contributed by atoms with E-state index in [9.17, 15) is 12.8 Å². The molecule has 0 fully saturated rings. The van der Waals surface area contributed by atoms with Crippen molar-refractivity contribution in [2.45, 2.75) is 17.2 Å². The lowest BCUT2D eigenvalue weighted by atomic mass is 10.1. The van der Waals surface area contributed by atoms with Gasteiger partial charge in [-0.1, -0.05) is 35.9 Å². The topological polar surface area (TPSA) is 60.2 Å². The van der Waals surface area contributed by atoms with Gasteiger partial charge < -0.3 is 5.73 Å². The quantitative estimate of drug-likeness (QED) is 0.944. The molecule has 106 valence electrons. The van der Waals surface area contributed by atoms with Crippen molar-refractivity contribution in [3.05, 3.63) is 64.4 Å². The fraction of sp³-hybridized carbons (Fsp3) is 0.143. The predicted molar refractivity (Wildman–Crippen MR) is 76.6 cm³/mol. The van der Waals surface area contributed by atoms with Gasteiger partial charge in [-0.15, -0.1) is 0 Å². The molecule has 2 N–H and O–H groups in total. The van der Waals surface area contributed by atoms with Crippen molar-refractivity contribution in [1.29, 1.82) is 0 Å². The van der Waals surface area contributed by atoms with E-state index in [2.05, 4.69) is 0 Å². The Bertz CT molecular complexity index is 732. The lowest BCUT2D eigenvalue weighted by molar-refractivity contribution is 0.594. The van der Waals surface area contributed by atoms with Crippen molar-refractivity contribution in [1.82, 2.24) is 0 Å². The first-order valence-corrected chi connectivity index (χ1v) is 7.92. The number of sulfone groups is 1. The van der Waals surface area contributed by atoms with Gasteiger partial charge in [-0.2, -0.15) is 0 Å². The van der Waals surface area contributed by atoms with Crippen LogP contribution in [0.25, 0.3) is 0 Å². The molecule has 0 saturated carbocycles. The maximum absolute atomic E-state index is 13.3. The van der Waals surface area contributed by atoms with Gasteiger partial charge in [0.15, 0.2) is 9.84 Å². The molecule has 20 heavy (non-hydrogen) atoms. The van der Waals surface area contributed by atoms with E-state index in [4.69, 9.17) is 17.3 Å². The summed E-state index contributed by atoms with van der Waals surface area (Å²) in [5.74, 6) is -0.685. The van der Waals surface area contributed by atoms with E-state index in [0.29, 0.717) is 5.56 Å². The molecule has 0 atom stereocenters. The molecular formula is C14H13ClFNO2S. The van der Waals surface area contributed by atoms with Crippen LogP contribution in [0.3, 0.4) is 0 Å². The van der Waals surface area contributed by atoms with Gasteiger partial charge in [0.05, 0.1) is 15.7 Å². The van der Waals surface area contributed by atoms with Crippen LogP contribution in [-0.2, 0) is 22.1 Å². The Hall–Kier alpha value is -1.43. The molecule has 0 aliphatic heterocycles. The molecule has 0 aliphatic rings. The highest BCUT2D eigenvalue weighted by Gasteiger charge is 2.18. The van der Waals surface area contributed by atoms with E-state index in [-0.39, 0.29) is 27.8 Å². The first kappa shape index (κ1) is 15.0. The standard InChI is InChI=1S/C14H13ClFNO2S/c15-12-3-1-2-4-14(12)20(18,19)9-10-5-6-13(16)11(7-10)8-17/h1-7H,8-9,17H2. The minimum atomic E-state index is -3.58. The van der Waals surface area contributed by atoms with Crippen LogP contribution >= 0.6 is 11.6 Å². The third kappa shape index (κ3) is 3.17. The average Bonchev–Trinajstić information content (AvgIpc) is 2.41. The fourth-order valence-electron chi connectivity index (χ4n) is 1.87. The van der Waals surface area contributed by atoms with Crippen LogP contribution < -0.4 is 5.73 Å². The van der Waals surface area contributed by atoms with Crippen molar-refractivity contribution < 1.29 is 12.8 Å². The minimum Gasteiger partial charge on any atom is -0.326 e. The minimum absolute atomic E-state index is 0.0197. The Labute approximate surface area is 122 Å². The van der Waals surface area contributed by atoms with Crippen molar-refractivity contribution in [3.8, 4) is 0 Å². The highest BCUT2D eigenvalue weighted by Crippen LogP contribution is 2.24. The third-order valence-electron chi connectivity index (χ3n) is 2.86. The van der Waals surface area contributed by atoms with Crippen molar-refractivity contribution in [2.75, 3.05) is 0 Å². The molecule has 0 amide bonds. The number of benzene rings is 2. The van der Waals surface area contributed by atoms with Gasteiger partial charge in [0.1, 0.15) is 5.82 Å². The van der Waals surface area contributed by atoms with E-state index in [1.807, 2.05) is 0 Å². The summed E-state index contributed by atoms with van der Waals surface area (Å²) in [5, 5.41) is 0.175. The van der Waals surface area contributed by atoms with Crippen LogP contribution in [0, 0.1) is 5.82 Å². The van der Waals surface area contributed by atoms with E-state index in [1.54, 1.807) is 12.1 Å². The SMILES string of the molecule is NCc1cc(CS(=O)(=O)c2ccccc2Cl)ccc1F. The van der Waals surface area contributed by atoms with Crippen LogP contribution in [0.5, 0.6) is 0 Å². The van der Waals surface area contributed by atoms with E-state index in [0.717, 1.165) is 0 Å². The van der Waals surface area contributed by atoms with Gasteiger partial charge in [0.25, 0.3) is 0 Å². The van der Waals surface area contributed by atoms with Gasteiger partial charge in [0.2, 0.25) is 0 Å². The summed E-state index contributed by atoms with van der Waals surface area (Å²) in [6, 6.07) is 10.3. The lowest BCUT2D eigenvalue weighted by Crippen LogP contribution is -2.07. The molecule has 0 unspecified atom stereocenters. The first-order chi connectivity index (χ1) is 9.44. The van der Waals surface area contributed by atoms with Gasteiger partial charge in [-0.3, -0.25) is 0 Å². The third-order valence-corrected chi connectivity index (χ3v) is 5.04. The molecule has 2 rings (SSSR count).